The molecule has 1 amide bonds. The van der Waals surface area contributed by atoms with E-state index in [4.69, 9.17) is 20.2 Å². The molecule has 0 N–H and O–H groups in total. The molecule has 11 heteroatoms. The number of carbonyl (C=O) groups is 1. The van der Waals surface area contributed by atoms with Gasteiger partial charge in [-0.15, -0.1) is 0 Å². The minimum atomic E-state index is -3.70. The van der Waals surface area contributed by atoms with Crippen LogP contribution in [0, 0.1) is 10.1 Å². The van der Waals surface area contributed by atoms with Crippen molar-refractivity contribution >= 4 is 33.3 Å². The molecule has 0 atom stereocenters. The highest BCUT2D eigenvalue weighted by Crippen LogP contribution is 2.26. The van der Waals surface area contributed by atoms with Gasteiger partial charge in [0.15, 0.2) is 0 Å². The van der Waals surface area contributed by atoms with E-state index in [0.717, 1.165) is 6.07 Å². The molecular formula is C21H19ClN2O7S. The Kier molecular flexibility index (Phi) is 7.16. The lowest BCUT2D eigenvalue weighted by Gasteiger charge is -2.23. The molecule has 0 aliphatic carbocycles. The number of nitrogens with zero attached hydrogens (tertiary/aromatic N) is 2. The number of nitro groups is 1. The van der Waals surface area contributed by atoms with E-state index in [2.05, 4.69) is 0 Å². The summed E-state index contributed by atoms with van der Waals surface area (Å²) in [5.41, 5.74) is 0.461. The fourth-order valence-electron chi connectivity index (χ4n) is 2.87. The van der Waals surface area contributed by atoms with Gasteiger partial charge < -0.3 is 13.5 Å². The van der Waals surface area contributed by atoms with E-state index in [1.807, 2.05) is 0 Å². The number of nitro benzene ring substituents is 1. The maximum atomic E-state index is 13.2. The Bertz CT molecular complexity index is 1230. The fraction of sp³-hybridized carbons (Fsp3) is 0.190. The third kappa shape index (κ3) is 5.86. The van der Waals surface area contributed by atoms with Crippen LogP contribution in [0.3, 0.4) is 0 Å². The van der Waals surface area contributed by atoms with Crippen molar-refractivity contribution in [1.82, 2.24) is 4.90 Å². The van der Waals surface area contributed by atoms with Crippen LogP contribution in [0.4, 0.5) is 5.69 Å². The van der Waals surface area contributed by atoms with Crippen molar-refractivity contribution in [2.24, 2.45) is 0 Å². The lowest BCUT2D eigenvalue weighted by Crippen LogP contribution is -2.30. The molecule has 32 heavy (non-hydrogen) atoms. The Morgan fingerprint density at radius 2 is 1.94 bits per heavy atom. The van der Waals surface area contributed by atoms with Crippen LogP contribution >= 0.6 is 11.6 Å². The fourth-order valence-corrected chi connectivity index (χ4v) is 3.64. The molecule has 3 rings (SSSR count). The normalized spacial score (nSPS) is 11.2. The van der Waals surface area contributed by atoms with Gasteiger partial charge in [-0.1, -0.05) is 23.7 Å². The second-order valence-corrected chi connectivity index (χ2v) is 9.01. The van der Waals surface area contributed by atoms with E-state index in [9.17, 15) is 23.3 Å². The lowest BCUT2D eigenvalue weighted by atomic mass is 10.1. The maximum Gasteiger partial charge on any atom is 0.308 e. The number of furan rings is 1. The molecule has 0 radical (unpaired) electrons. The highest BCUT2D eigenvalue weighted by atomic mass is 35.5. The first-order valence-electron chi connectivity index (χ1n) is 9.45. The van der Waals surface area contributed by atoms with Crippen LogP contribution in [0.15, 0.2) is 65.3 Å². The van der Waals surface area contributed by atoms with Crippen molar-refractivity contribution in [3.05, 3.63) is 92.9 Å². The maximum absolute atomic E-state index is 13.2. The molecule has 0 saturated heterocycles. The van der Waals surface area contributed by atoms with Gasteiger partial charge in [0.05, 0.1) is 34.1 Å². The first kappa shape index (κ1) is 23.3. The zero-order valence-corrected chi connectivity index (χ0v) is 18.5. The highest BCUT2D eigenvalue weighted by Gasteiger charge is 2.22. The highest BCUT2D eigenvalue weighted by molar-refractivity contribution is 7.87. The molecule has 0 spiro atoms. The number of halogens is 1. The Balaban J connectivity index is 1.90. The van der Waals surface area contributed by atoms with Crippen molar-refractivity contribution < 1.29 is 26.7 Å². The lowest BCUT2D eigenvalue weighted by molar-refractivity contribution is -0.384. The molecule has 9 nitrogen and oxygen atoms in total. The molecule has 0 aliphatic heterocycles. The third-order valence-electron chi connectivity index (χ3n) is 4.46. The minimum absolute atomic E-state index is 0.0558. The largest absolute Gasteiger partial charge is 0.467 e. The average Bonchev–Trinajstić information content (AvgIpc) is 3.26. The van der Waals surface area contributed by atoms with Gasteiger partial charge >= 0.3 is 10.1 Å². The van der Waals surface area contributed by atoms with Crippen molar-refractivity contribution in [3.63, 3.8) is 0 Å². The van der Waals surface area contributed by atoms with E-state index in [1.165, 1.54) is 42.4 Å². The Hall–Kier alpha value is -3.37. The number of hydrogen-bond acceptors (Lipinski definition) is 7. The number of amides is 1. The molecule has 3 aromatic rings. The van der Waals surface area contributed by atoms with Gasteiger partial charge in [0, 0.05) is 18.7 Å². The minimum Gasteiger partial charge on any atom is -0.467 e. The summed E-state index contributed by atoms with van der Waals surface area (Å²) in [5.74, 6) is -0.0202. The summed E-state index contributed by atoms with van der Waals surface area (Å²) < 4.78 is 33.9. The Morgan fingerprint density at radius 3 is 2.56 bits per heavy atom. The van der Waals surface area contributed by atoms with Crippen molar-refractivity contribution in [2.75, 3.05) is 5.75 Å². The van der Waals surface area contributed by atoms with Crippen LogP contribution in [0.25, 0.3) is 0 Å². The summed E-state index contributed by atoms with van der Waals surface area (Å²) in [5, 5.41) is 10.9. The van der Waals surface area contributed by atoms with Gasteiger partial charge in [0.25, 0.3) is 11.6 Å². The van der Waals surface area contributed by atoms with Gasteiger partial charge in [-0.2, -0.15) is 8.42 Å². The second kappa shape index (κ2) is 9.84. The van der Waals surface area contributed by atoms with Crippen LogP contribution in [0.1, 0.15) is 28.6 Å². The van der Waals surface area contributed by atoms with Gasteiger partial charge in [-0.25, -0.2) is 0 Å². The SMILES string of the molecule is CCS(=O)(=O)Oc1cccc(CN(Cc2ccco2)C(=O)c2ccc([N+](=O)[O-])cc2Cl)c1. The van der Waals surface area contributed by atoms with Crippen molar-refractivity contribution in [2.45, 2.75) is 20.0 Å². The molecular weight excluding hydrogens is 460 g/mol. The molecule has 168 valence electrons. The molecule has 2 aromatic carbocycles. The number of benzene rings is 2. The topological polar surface area (TPSA) is 120 Å². The first-order chi connectivity index (χ1) is 15.2. The van der Waals surface area contributed by atoms with Gasteiger partial charge in [0.1, 0.15) is 11.5 Å². The summed E-state index contributed by atoms with van der Waals surface area (Å²) in [4.78, 5) is 25.0. The quantitative estimate of drug-likeness (QED) is 0.253. The standard InChI is InChI=1S/C21H19ClN2O7S/c1-2-32(28,29)31-17-6-3-5-15(11-17)13-23(14-18-7-4-10-30-18)21(25)19-9-8-16(24(26)27)12-20(19)22/h3-12H,2,13-14H2,1H3. The van der Waals surface area contributed by atoms with Gasteiger partial charge in [0.2, 0.25) is 0 Å². The zero-order chi connectivity index (χ0) is 23.3. The predicted molar refractivity (Wildman–Crippen MR) is 117 cm³/mol. The van der Waals surface area contributed by atoms with Gasteiger partial charge in [-0.05, 0) is 42.8 Å². The van der Waals surface area contributed by atoms with Gasteiger partial charge in [-0.3, -0.25) is 14.9 Å². The number of rotatable bonds is 9. The summed E-state index contributed by atoms with van der Waals surface area (Å²) in [6, 6.07) is 13.3. The molecule has 0 unspecified atom stereocenters. The van der Waals surface area contributed by atoms with Crippen LogP contribution in [-0.4, -0.2) is 29.9 Å². The van der Waals surface area contributed by atoms with Crippen molar-refractivity contribution in [3.8, 4) is 5.75 Å². The summed E-state index contributed by atoms with van der Waals surface area (Å²) in [6.07, 6.45) is 1.47. The molecule has 0 fully saturated rings. The van der Waals surface area contributed by atoms with E-state index in [1.54, 1.807) is 24.3 Å². The molecule has 0 aliphatic rings. The van der Waals surface area contributed by atoms with Crippen LogP contribution < -0.4 is 4.18 Å². The first-order valence-corrected chi connectivity index (χ1v) is 11.4. The molecule has 0 saturated carbocycles. The average molecular weight is 479 g/mol. The number of non-ortho nitro benzene ring substituents is 1. The van der Waals surface area contributed by atoms with Crippen LogP contribution in [0.2, 0.25) is 5.02 Å². The Morgan fingerprint density at radius 1 is 1.16 bits per heavy atom. The summed E-state index contributed by atoms with van der Waals surface area (Å²) in [6.45, 7) is 1.64. The zero-order valence-electron chi connectivity index (χ0n) is 16.9. The van der Waals surface area contributed by atoms with Crippen LogP contribution in [0.5, 0.6) is 5.75 Å². The Labute approximate surface area is 189 Å². The molecule has 1 heterocycles. The molecule has 0 bridgehead atoms. The van der Waals surface area contributed by atoms with E-state index in [0.29, 0.717) is 11.3 Å². The summed E-state index contributed by atoms with van der Waals surface area (Å²) in [7, 11) is -3.70. The van der Waals surface area contributed by atoms with Crippen molar-refractivity contribution in [1.29, 1.82) is 0 Å². The number of hydrogen-bond donors (Lipinski definition) is 0. The number of carbonyl (C=O) groups excluding carboxylic acids is 1. The smallest absolute Gasteiger partial charge is 0.308 e. The second-order valence-electron chi connectivity index (χ2n) is 6.74. The van der Waals surface area contributed by atoms with Crippen LogP contribution in [-0.2, 0) is 23.2 Å². The third-order valence-corrected chi connectivity index (χ3v) is 5.92. The van der Waals surface area contributed by atoms with E-state index >= 15 is 0 Å². The molecule has 1 aromatic heterocycles. The monoisotopic (exact) mass is 478 g/mol. The summed E-state index contributed by atoms with van der Waals surface area (Å²) >= 11 is 6.15. The predicted octanol–water partition coefficient (Wildman–Crippen LogP) is 4.41. The van der Waals surface area contributed by atoms with E-state index in [-0.39, 0.29) is 40.9 Å². The van der Waals surface area contributed by atoms with E-state index < -0.39 is 20.9 Å².